The largest absolute Gasteiger partial charge is 1.00 e. The smallest absolute Gasteiger partial charge is 0.0884 e. The Morgan fingerprint density at radius 3 is 1.88 bits per heavy atom. The van der Waals surface area contributed by atoms with Gasteiger partial charge in [-0.15, -0.1) is 0 Å². The molecule has 0 aliphatic carbocycles. The third-order valence-electron chi connectivity index (χ3n) is 3.41. The zero-order chi connectivity index (χ0) is 12.4. The highest BCUT2D eigenvalue weighted by Gasteiger charge is 2.22. The Hall–Kier alpha value is 0.920. The van der Waals surface area contributed by atoms with E-state index in [0.29, 0.717) is 0 Å². The van der Waals surface area contributed by atoms with Gasteiger partial charge in [0, 0.05) is 11.8 Å². The van der Waals surface area contributed by atoms with Crippen molar-refractivity contribution in [3.63, 3.8) is 0 Å². The summed E-state index contributed by atoms with van der Waals surface area (Å²) >= 11 is 3.54. The molecule has 106 valence electrons. The normalized spacial score (nSPS) is 13.2. The van der Waals surface area contributed by atoms with Crippen LogP contribution >= 0.6 is 15.9 Å². The summed E-state index contributed by atoms with van der Waals surface area (Å²) in [7, 11) is 7.01. The van der Waals surface area contributed by atoms with Crippen molar-refractivity contribution in [3.8, 4) is 0 Å². The first kappa shape index (κ1) is 20.2. The number of rotatable bonds is 10. The lowest BCUT2D eigenvalue weighted by molar-refractivity contribution is -0.896. The maximum Gasteiger partial charge on any atom is 0.0884 e. The first-order chi connectivity index (χ1) is 7.52. The Labute approximate surface area is 128 Å². The topological polar surface area (TPSA) is 0 Å². The molecule has 0 rings (SSSR count). The Morgan fingerprint density at radius 2 is 1.41 bits per heavy atom. The zero-order valence-electron chi connectivity index (χ0n) is 12.1. The summed E-state index contributed by atoms with van der Waals surface area (Å²) in [6, 6.07) is 0.846. The quantitative estimate of drug-likeness (QED) is 0.310. The van der Waals surface area contributed by atoms with Gasteiger partial charge in [-0.2, -0.15) is 0 Å². The van der Waals surface area contributed by atoms with Crippen molar-refractivity contribution in [3.05, 3.63) is 0 Å². The highest BCUT2D eigenvalue weighted by molar-refractivity contribution is 9.09. The molecule has 0 saturated carbocycles. The van der Waals surface area contributed by atoms with E-state index in [1.807, 2.05) is 0 Å². The Bertz CT molecular complexity index is 155. The van der Waals surface area contributed by atoms with Crippen molar-refractivity contribution in [2.24, 2.45) is 0 Å². The van der Waals surface area contributed by atoms with Gasteiger partial charge in [-0.3, -0.25) is 0 Å². The summed E-state index contributed by atoms with van der Waals surface area (Å²) in [6.45, 7) is 2.28. The fourth-order valence-electron chi connectivity index (χ4n) is 2.22. The summed E-state index contributed by atoms with van der Waals surface area (Å²) in [5.41, 5.74) is 0. The third-order valence-corrected chi connectivity index (χ3v) is 3.97. The molecule has 0 bridgehead atoms. The fourth-order valence-corrected chi connectivity index (χ4v) is 2.54. The molecule has 0 aliphatic rings. The summed E-state index contributed by atoms with van der Waals surface area (Å²) in [5, 5.41) is 1.15. The molecule has 0 aliphatic heterocycles. The van der Waals surface area contributed by atoms with Crippen LogP contribution in [0.5, 0.6) is 0 Å². The highest BCUT2D eigenvalue weighted by atomic mass is 79.9. The Morgan fingerprint density at radius 1 is 0.882 bits per heavy atom. The summed E-state index contributed by atoms with van der Waals surface area (Å²) in [4.78, 5) is 0. The Balaban J connectivity index is 0. The molecule has 0 aromatic rings. The van der Waals surface area contributed by atoms with Gasteiger partial charge < -0.3 is 21.5 Å². The van der Waals surface area contributed by atoms with E-state index in [2.05, 4.69) is 44.0 Å². The number of hydrogen-bond donors (Lipinski definition) is 0. The number of nitrogens with zero attached hydrogens (tertiary/aromatic N) is 1. The van der Waals surface area contributed by atoms with E-state index in [0.717, 1.165) is 15.9 Å². The molecule has 0 N–H and O–H groups in total. The standard InChI is InChI=1S/C14H31BrN.BrH/c1-5-6-7-8-9-11-14(12-10-13-15)16(2,3)4;/h14H,5-13H2,1-4H3;1H/q+1;/p-1. The van der Waals surface area contributed by atoms with Crippen molar-refractivity contribution >= 4 is 15.9 Å². The molecule has 1 nitrogen and oxygen atoms in total. The minimum absolute atomic E-state index is 0. The van der Waals surface area contributed by atoms with Gasteiger partial charge in [-0.1, -0.05) is 48.5 Å². The molecule has 0 heterocycles. The second kappa shape index (κ2) is 12.0. The number of quaternary nitrogens is 1. The van der Waals surface area contributed by atoms with E-state index >= 15 is 0 Å². The van der Waals surface area contributed by atoms with Crippen LogP contribution in [0.1, 0.15) is 58.3 Å². The van der Waals surface area contributed by atoms with Crippen LogP contribution in [0.15, 0.2) is 0 Å². The molecule has 1 unspecified atom stereocenters. The molecule has 17 heavy (non-hydrogen) atoms. The highest BCUT2D eigenvalue weighted by Crippen LogP contribution is 2.18. The maximum atomic E-state index is 3.54. The molecule has 3 heteroatoms. The van der Waals surface area contributed by atoms with Crippen molar-refractivity contribution in [1.82, 2.24) is 0 Å². The van der Waals surface area contributed by atoms with Crippen LogP contribution in [0, 0.1) is 0 Å². The molecule has 0 amide bonds. The van der Waals surface area contributed by atoms with Crippen molar-refractivity contribution in [2.45, 2.75) is 64.3 Å². The van der Waals surface area contributed by atoms with Crippen LogP contribution in [0.3, 0.4) is 0 Å². The summed E-state index contributed by atoms with van der Waals surface area (Å²) in [6.07, 6.45) is 11.1. The van der Waals surface area contributed by atoms with Gasteiger partial charge in [0.15, 0.2) is 0 Å². The average Bonchev–Trinajstić information content (AvgIpc) is 2.20. The third kappa shape index (κ3) is 11.7. The second-order valence-corrected chi connectivity index (χ2v) is 6.60. The van der Waals surface area contributed by atoms with Crippen molar-refractivity contribution in [1.29, 1.82) is 0 Å². The minimum Gasteiger partial charge on any atom is -1.00 e. The fraction of sp³-hybridized carbons (Fsp3) is 1.00. The van der Waals surface area contributed by atoms with Gasteiger partial charge in [0.1, 0.15) is 0 Å². The monoisotopic (exact) mass is 371 g/mol. The lowest BCUT2D eigenvalue weighted by atomic mass is 10.0. The summed E-state index contributed by atoms with van der Waals surface area (Å²) in [5.74, 6) is 0. The number of hydrogen-bond acceptors (Lipinski definition) is 0. The predicted octanol–water partition coefficient (Wildman–Crippen LogP) is 1.60. The van der Waals surface area contributed by atoms with Crippen LogP contribution in [-0.4, -0.2) is 37.0 Å². The zero-order valence-corrected chi connectivity index (χ0v) is 15.3. The van der Waals surface area contributed by atoms with Gasteiger partial charge in [0.25, 0.3) is 0 Å². The van der Waals surface area contributed by atoms with E-state index in [1.165, 1.54) is 51.4 Å². The number of unbranched alkanes of at least 4 members (excludes halogenated alkanes) is 4. The molecule has 0 aromatic heterocycles. The maximum absolute atomic E-state index is 3.54. The molecular formula is C14H31Br2N. The first-order valence-corrected chi connectivity index (χ1v) is 8.01. The van der Waals surface area contributed by atoms with Gasteiger partial charge in [-0.05, 0) is 19.3 Å². The van der Waals surface area contributed by atoms with Gasteiger partial charge in [0.2, 0.25) is 0 Å². The van der Waals surface area contributed by atoms with Gasteiger partial charge in [-0.25, -0.2) is 0 Å². The molecular weight excluding hydrogens is 342 g/mol. The molecule has 0 radical (unpaired) electrons. The SMILES string of the molecule is CCCCCCCC(CCCBr)[N+](C)(C)C.[Br-]. The van der Waals surface area contributed by atoms with Crippen LogP contribution in [0.25, 0.3) is 0 Å². The lowest BCUT2D eigenvalue weighted by Gasteiger charge is -2.34. The van der Waals surface area contributed by atoms with Crippen LogP contribution in [0.2, 0.25) is 0 Å². The lowest BCUT2D eigenvalue weighted by Crippen LogP contribution is -3.00. The molecule has 1 atom stereocenters. The van der Waals surface area contributed by atoms with Crippen LogP contribution in [-0.2, 0) is 0 Å². The molecule has 0 aromatic carbocycles. The van der Waals surface area contributed by atoms with Gasteiger partial charge in [0.05, 0.1) is 27.2 Å². The van der Waals surface area contributed by atoms with Crippen molar-refractivity contribution in [2.75, 3.05) is 26.5 Å². The Kier molecular flexibility index (Phi) is 14.3. The predicted molar refractivity (Wildman–Crippen MR) is 78.2 cm³/mol. The minimum atomic E-state index is 0. The molecule has 0 saturated heterocycles. The number of alkyl halides is 1. The van der Waals surface area contributed by atoms with Crippen LogP contribution < -0.4 is 17.0 Å². The van der Waals surface area contributed by atoms with E-state index in [-0.39, 0.29) is 17.0 Å². The first-order valence-electron chi connectivity index (χ1n) is 6.89. The second-order valence-electron chi connectivity index (χ2n) is 5.80. The van der Waals surface area contributed by atoms with Crippen molar-refractivity contribution < 1.29 is 21.5 Å². The molecule has 0 fully saturated rings. The van der Waals surface area contributed by atoms with Gasteiger partial charge >= 0.3 is 0 Å². The van der Waals surface area contributed by atoms with E-state index in [1.54, 1.807) is 0 Å². The van der Waals surface area contributed by atoms with Crippen LogP contribution in [0.4, 0.5) is 0 Å². The molecule has 0 spiro atoms. The summed E-state index contributed by atoms with van der Waals surface area (Å²) < 4.78 is 1.13. The van der Waals surface area contributed by atoms with E-state index in [4.69, 9.17) is 0 Å². The number of halogens is 2. The van der Waals surface area contributed by atoms with E-state index in [9.17, 15) is 0 Å². The van der Waals surface area contributed by atoms with E-state index < -0.39 is 0 Å². The average molecular weight is 373 g/mol.